The minimum atomic E-state index is -0.508. The highest BCUT2D eigenvalue weighted by atomic mass is 19.1. The van der Waals surface area contributed by atoms with Gasteiger partial charge in [-0.15, -0.1) is 0 Å². The summed E-state index contributed by atoms with van der Waals surface area (Å²) in [6, 6.07) is 3.83. The van der Waals surface area contributed by atoms with Gasteiger partial charge in [0.15, 0.2) is 0 Å². The second-order valence-corrected chi connectivity index (χ2v) is 4.40. The molecule has 0 bridgehead atoms. The van der Waals surface area contributed by atoms with Crippen LogP contribution >= 0.6 is 0 Å². The highest BCUT2D eigenvalue weighted by Crippen LogP contribution is 2.26. The Morgan fingerprint density at radius 1 is 1.29 bits per heavy atom. The summed E-state index contributed by atoms with van der Waals surface area (Å²) in [5, 5.41) is 13.7. The van der Waals surface area contributed by atoms with E-state index >= 15 is 0 Å². The third-order valence-electron chi connectivity index (χ3n) is 3.13. The number of hydrogen-bond donors (Lipinski definition) is 1. The highest BCUT2D eigenvalue weighted by molar-refractivity contribution is 5.52. The number of nitro benzene ring substituents is 1. The van der Waals surface area contributed by atoms with Crippen LogP contribution in [0.4, 0.5) is 15.8 Å². The Morgan fingerprint density at radius 2 is 2.00 bits per heavy atom. The maximum Gasteiger partial charge on any atom is 0.271 e. The number of nitrogens with one attached hydrogen (secondary N) is 1. The lowest BCUT2D eigenvalue weighted by molar-refractivity contribution is -0.384. The van der Waals surface area contributed by atoms with Gasteiger partial charge in [-0.1, -0.05) is 19.3 Å². The lowest BCUT2D eigenvalue weighted by Crippen LogP contribution is -2.22. The molecule has 0 heterocycles. The Bertz CT molecular complexity index is 417. The van der Waals surface area contributed by atoms with Crippen molar-refractivity contribution in [2.24, 2.45) is 0 Å². The second kappa shape index (κ2) is 5.12. The van der Waals surface area contributed by atoms with E-state index in [1.165, 1.54) is 18.6 Å². The number of nitro groups is 1. The number of benzene rings is 1. The third kappa shape index (κ3) is 2.93. The molecule has 1 aromatic rings. The molecule has 1 fully saturated rings. The number of nitrogens with zero attached hydrogens (tertiary/aromatic N) is 1. The zero-order valence-corrected chi connectivity index (χ0v) is 9.49. The van der Waals surface area contributed by atoms with E-state index in [4.69, 9.17) is 0 Å². The van der Waals surface area contributed by atoms with E-state index in [1.807, 2.05) is 0 Å². The predicted molar refractivity (Wildman–Crippen MR) is 63.6 cm³/mol. The number of halogens is 1. The SMILES string of the molecule is O=[N+]([O-])c1ccc(F)c(NC2CCCCC2)c1. The summed E-state index contributed by atoms with van der Waals surface area (Å²) >= 11 is 0. The van der Waals surface area contributed by atoms with Gasteiger partial charge in [0.2, 0.25) is 0 Å². The van der Waals surface area contributed by atoms with E-state index in [1.54, 1.807) is 0 Å². The summed E-state index contributed by atoms with van der Waals surface area (Å²) in [5.74, 6) is -0.429. The van der Waals surface area contributed by atoms with Crippen LogP contribution in [0.2, 0.25) is 0 Å². The van der Waals surface area contributed by atoms with E-state index < -0.39 is 10.7 Å². The monoisotopic (exact) mass is 238 g/mol. The van der Waals surface area contributed by atoms with Crippen molar-refractivity contribution in [2.45, 2.75) is 38.1 Å². The lowest BCUT2D eigenvalue weighted by Gasteiger charge is -2.23. The van der Waals surface area contributed by atoms with Crippen LogP contribution in [0.5, 0.6) is 0 Å². The molecule has 92 valence electrons. The first-order valence-corrected chi connectivity index (χ1v) is 5.87. The van der Waals surface area contributed by atoms with Gasteiger partial charge >= 0.3 is 0 Å². The first kappa shape index (κ1) is 11.8. The van der Waals surface area contributed by atoms with Crippen molar-refractivity contribution in [3.8, 4) is 0 Å². The normalized spacial score (nSPS) is 16.8. The average molecular weight is 238 g/mol. The lowest BCUT2D eigenvalue weighted by atomic mass is 9.95. The molecule has 5 heteroatoms. The molecule has 0 unspecified atom stereocenters. The van der Waals surface area contributed by atoms with E-state index in [0.29, 0.717) is 0 Å². The van der Waals surface area contributed by atoms with Gasteiger partial charge in [0.1, 0.15) is 5.82 Å². The van der Waals surface area contributed by atoms with Gasteiger partial charge in [0.05, 0.1) is 10.6 Å². The fraction of sp³-hybridized carbons (Fsp3) is 0.500. The Balaban J connectivity index is 2.13. The fourth-order valence-corrected chi connectivity index (χ4v) is 2.20. The number of hydrogen-bond acceptors (Lipinski definition) is 3. The Hall–Kier alpha value is -1.65. The number of rotatable bonds is 3. The predicted octanol–water partition coefficient (Wildman–Crippen LogP) is 3.48. The standard InChI is InChI=1S/C12H15FN2O2/c13-11-7-6-10(15(16)17)8-12(11)14-9-4-2-1-3-5-9/h6-9,14H,1-5H2. The average Bonchev–Trinajstić information content (AvgIpc) is 2.33. The summed E-state index contributed by atoms with van der Waals surface area (Å²) in [6.07, 6.45) is 5.49. The van der Waals surface area contributed by atoms with Crippen LogP contribution in [-0.4, -0.2) is 11.0 Å². The molecular weight excluding hydrogens is 223 g/mol. The minimum Gasteiger partial charge on any atom is -0.380 e. The molecule has 0 spiro atoms. The van der Waals surface area contributed by atoms with Crippen LogP contribution in [-0.2, 0) is 0 Å². The van der Waals surface area contributed by atoms with E-state index in [2.05, 4.69) is 5.32 Å². The number of anilines is 1. The molecule has 1 N–H and O–H groups in total. The zero-order valence-electron chi connectivity index (χ0n) is 9.49. The van der Waals surface area contributed by atoms with Crippen molar-refractivity contribution in [3.63, 3.8) is 0 Å². The van der Waals surface area contributed by atoms with Gasteiger partial charge < -0.3 is 5.32 Å². The van der Waals surface area contributed by atoms with Gasteiger partial charge in [-0.05, 0) is 18.9 Å². The molecular formula is C12H15FN2O2. The largest absolute Gasteiger partial charge is 0.380 e. The Kier molecular flexibility index (Phi) is 3.56. The van der Waals surface area contributed by atoms with Crippen molar-refractivity contribution in [3.05, 3.63) is 34.1 Å². The van der Waals surface area contributed by atoms with E-state index in [-0.39, 0.29) is 17.4 Å². The zero-order chi connectivity index (χ0) is 12.3. The maximum atomic E-state index is 13.5. The van der Waals surface area contributed by atoms with Crippen LogP contribution in [0, 0.1) is 15.9 Å². The molecule has 4 nitrogen and oxygen atoms in total. The van der Waals surface area contributed by atoms with Crippen LogP contribution in [0.1, 0.15) is 32.1 Å². The van der Waals surface area contributed by atoms with Crippen molar-refractivity contribution >= 4 is 11.4 Å². The second-order valence-electron chi connectivity index (χ2n) is 4.40. The molecule has 0 amide bonds. The maximum absolute atomic E-state index is 13.5. The van der Waals surface area contributed by atoms with Crippen LogP contribution in [0.3, 0.4) is 0 Å². The molecule has 0 aromatic heterocycles. The van der Waals surface area contributed by atoms with Crippen molar-refractivity contribution in [1.29, 1.82) is 0 Å². The summed E-state index contributed by atoms with van der Waals surface area (Å²) in [4.78, 5) is 10.1. The van der Waals surface area contributed by atoms with Gasteiger partial charge in [-0.2, -0.15) is 0 Å². The molecule has 1 aromatic carbocycles. The highest BCUT2D eigenvalue weighted by Gasteiger charge is 2.16. The molecule has 1 saturated carbocycles. The fourth-order valence-electron chi connectivity index (χ4n) is 2.20. The molecule has 0 saturated heterocycles. The molecule has 0 aliphatic heterocycles. The molecule has 1 aliphatic rings. The van der Waals surface area contributed by atoms with E-state index in [9.17, 15) is 14.5 Å². The number of non-ortho nitro benzene ring substituents is 1. The van der Waals surface area contributed by atoms with Crippen molar-refractivity contribution in [1.82, 2.24) is 0 Å². The van der Waals surface area contributed by atoms with Gasteiger partial charge in [0.25, 0.3) is 5.69 Å². The van der Waals surface area contributed by atoms with Crippen LogP contribution in [0.15, 0.2) is 18.2 Å². The van der Waals surface area contributed by atoms with Gasteiger partial charge in [-0.25, -0.2) is 4.39 Å². The van der Waals surface area contributed by atoms with E-state index in [0.717, 1.165) is 31.7 Å². The molecule has 0 atom stereocenters. The Labute approximate surface area is 99.0 Å². The summed E-state index contributed by atoms with van der Waals surface area (Å²) in [6.45, 7) is 0. The smallest absolute Gasteiger partial charge is 0.271 e. The minimum absolute atomic E-state index is 0.0790. The molecule has 2 rings (SSSR count). The van der Waals surface area contributed by atoms with Crippen LogP contribution in [0.25, 0.3) is 0 Å². The molecule has 0 radical (unpaired) electrons. The first-order valence-electron chi connectivity index (χ1n) is 5.87. The summed E-state index contributed by atoms with van der Waals surface area (Å²) < 4.78 is 13.5. The van der Waals surface area contributed by atoms with Crippen molar-refractivity contribution in [2.75, 3.05) is 5.32 Å². The summed E-state index contributed by atoms with van der Waals surface area (Å²) in [5.41, 5.74) is 0.163. The Morgan fingerprint density at radius 3 is 2.65 bits per heavy atom. The molecule has 17 heavy (non-hydrogen) atoms. The van der Waals surface area contributed by atoms with Gasteiger partial charge in [-0.3, -0.25) is 10.1 Å². The third-order valence-corrected chi connectivity index (χ3v) is 3.13. The topological polar surface area (TPSA) is 55.2 Å². The molecule has 1 aliphatic carbocycles. The van der Waals surface area contributed by atoms with Crippen LogP contribution < -0.4 is 5.32 Å². The first-order chi connectivity index (χ1) is 8.16. The summed E-state index contributed by atoms with van der Waals surface area (Å²) in [7, 11) is 0. The quantitative estimate of drug-likeness (QED) is 0.648. The van der Waals surface area contributed by atoms with Crippen molar-refractivity contribution < 1.29 is 9.31 Å². The van der Waals surface area contributed by atoms with Gasteiger partial charge in [0, 0.05) is 18.2 Å².